The van der Waals surface area contributed by atoms with Crippen LogP contribution in [-0.4, -0.2) is 7.05 Å². The highest BCUT2D eigenvalue weighted by Crippen LogP contribution is 2.30. The second-order valence-corrected chi connectivity index (χ2v) is 5.78. The highest BCUT2D eigenvalue weighted by Gasteiger charge is 2.15. The topological polar surface area (TPSA) is 53.0 Å². The van der Waals surface area contributed by atoms with Gasteiger partial charge >= 0.3 is 0 Å². The molecule has 0 aliphatic rings. The third-order valence-electron chi connectivity index (χ3n) is 3.07. The van der Waals surface area contributed by atoms with Gasteiger partial charge in [-0.25, -0.2) is 4.39 Å². The molecule has 2 N–H and O–H groups in total. The lowest BCUT2D eigenvalue weighted by Gasteiger charge is -2.21. The fourth-order valence-electron chi connectivity index (χ4n) is 1.98. The Balaban J connectivity index is 2.33. The molecule has 0 spiro atoms. The van der Waals surface area contributed by atoms with Crippen molar-refractivity contribution < 1.29 is 4.39 Å². The zero-order valence-electron chi connectivity index (χ0n) is 11.2. The molecule has 0 saturated carbocycles. The number of rotatable bonds is 3. The van der Waals surface area contributed by atoms with Crippen LogP contribution in [-0.2, 0) is 6.54 Å². The van der Waals surface area contributed by atoms with Crippen LogP contribution < -0.4 is 10.6 Å². The quantitative estimate of drug-likeness (QED) is 0.820. The van der Waals surface area contributed by atoms with Gasteiger partial charge in [0.15, 0.2) is 5.82 Å². The molecule has 6 heteroatoms. The van der Waals surface area contributed by atoms with Gasteiger partial charge in [-0.2, -0.15) is 5.26 Å². The van der Waals surface area contributed by atoms with E-state index in [2.05, 4.69) is 15.9 Å². The van der Waals surface area contributed by atoms with E-state index < -0.39 is 5.82 Å². The zero-order chi connectivity index (χ0) is 15.6. The van der Waals surface area contributed by atoms with E-state index in [1.54, 1.807) is 42.3 Å². The summed E-state index contributed by atoms with van der Waals surface area (Å²) in [5.74, 6) is -0.475. The van der Waals surface area contributed by atoms with Crippen LogP contribution in [0.1, 0.15) is 11.1 Å². The maximum Gasteiger partial charge on any atom is 0.161 e. The van der Waals surface area contributed by atoms with Gasteiger partial charge in [-0.1, -0.05) is 11.6 Å². The van der Waals surface area contributed by atoms with Crippen LogP contribution in [0.2, 0.25) is 5.02 Å². The summed E-state index contributed by atoms with van der Waals surface area (Å²) in [4.78, 5) is 1.71. The minimum atomic E-state index is -0.475. The van der Waals surface area contributed by atoms with Gasteiger partial charge in [0, 0.05) is 24.3 Å². The van der Waals surface area contributed by atoms with Crippen molar-refractivity contribution in [1.29, 1.82) is 5.26 Å². The molecular formula is C15H12BrClFN3. The standard InChI is InChI=1S/C15H12BrClFN3/c1-21(8-10-6-11(20)3-4-12(10)17)13-5-2-9(7-19)14(16)15(13)18/h2-6H,8,20H2,1H3. The Bertz CT molecular complexity index is 728. The second-order valence-electron chi connectivity index (χ2n) is 4.58. The van der Waals surface area contributed by atoms with Gasteiger partial charge in [-0.3, -0.25) is 0 Å². The number of anilines is 2. The molecule has 0 unspecified atom stereocenters. The third kappa shape index (κ3) is 3.29. The van der Waals surface area contributed by atoms with Crippen molar-refractivity contribution >= 4 is 38.9 Å². The molecule has 0 heterocycles. The van der Waals surface area contributed by atoms with Crippen molar-refractivity contribution in [2.75, 3.05) is 17.7 Å². The van der Waals surface area contributed by atoms with Gasteiger partial charge in [0.2, 0.25) is 0 Å². The summed E-state index contributed by atoms with van der Waals surface area (Å²) in [6, 6.07) is 10.2. The van der Waals surface area contributed by atoms with E-state index in [4.69, 9.17) is 22.6 Å². The molecular weight excluding hydrogens is 357 g/mol. The number of halogens is 3. The summed E-state index contributed by atoms with van der Waals surface area (Å²) in [5.41, 5.74) is 7.78. The SMILES string of the molecule is CN(Cc1cc(N)ccc1Cl)c1ccc(C#N)c(Br)c1F. The summed E-state index contributed by atoms with van der Waals surface area (Å²) < 4.78 is 14.4. The predicted molar refractivity (Wildman–Crippen MR) is 86.8 cm³/mol. The van der Waals surface area contributed by atoms with E-state index in [0.717, 1.165) is 5.56 Å². The number of nitriles is 1. The first-order valence-corrected chi connectivity index (χ1v) is 7.24. The molecule has 0 aliphatic heterocycles. The Kier molecular flexibility index (Phi) is 4.71. The van der Waals surface area contributed by atoms with E-state index in [9.17, 15) is 4.39 Å². The van der Waals surface area contributed by atoms with Crippen molar-refractivity contribution in [3.8, 4) is 6.07 Å². The van der Waals surface area contributed by atoms with E-state index in [0.29, 0.717) is 22.9 Å². The maximum absolute atomic E-state index is 14.3. The van der Waals surface area contributed by atoms with E-state index in [1.165, 1.54) is 0 Å². The summed E-state index contributed by atoms with van der Waals surface area (Å²) in [6.07, 6.45) is 0. The molecule has 108 valence electrons. The number of nitrogens with two attached hydrogens (primary N) is 1. The van der Waals surface area contributed by atoms with E-state index in [1.807, 2.05) is 6.07 Å². The molecule has 3 nitrogen and oxygen atoms in total. The molecule has 0 radical (unpaired) electrons. The van der Waals surface area contributed by atoms with Gasteiger partial charge < -0.3 is 10.6 Å². The summed E-state index contributed by atoms with van der Waals surface area (Å²) in [7, 11) is 1.75. The lowest BCUT2D eigenvalue weighted by atomic mass is 10.1. The van der Waals surface area contributed by atoms with Crippen molar-refractivity contribution in [2.24, 2.45) is 0 Å². The largest absolute Gasteiger partial charge is 0.399 e. The van der Waals surface area contributed by atoms with E-state index >= 15 is 0 Å². The van der Waals surface area contributed by atoms with Crippen LogP contribution in [0.15, 0.2) is 34.8 Å². The Morgan fingerprint density at radius 3 is 2.76 bits per heavy atom. The number of benzene rings is 2. The van der Waals surface area contributed by atoms with Crippen LogP contribution in [0.5, 0.6) is 0 Å². The maximum atomic E-state index is 14.3. The minimum Gasteiger partial charge on any atom is -0.399 e. The Labute approximate surface area is 135 Å². The fourth-order valence-corrected chi connectivity index (χ4v) is 2.58. The first-order chi connectivity index (χ1) is 9.93. The van der Waals surface area contributed by atoms with Crippen LogP contribution >= 0.6 is 27.5 Å². The van der Waals surface area contributed by atoms with Gasteiger partial charge in [0.25, 0.3) is 0 Å². The van der Waals surface area contributed by atoms with E-state index in [-0.39, 0.29) is 10.0 Å². The molecule has 0 aliphatic carbocycles. The van der Waals surface area contributed by atoms with Crippen LogP contribution in [0.25, 0.3) is 0 Å². The highest BCUT2D eigenvalue weighted by molar-refractivity contribution is 9.10. The Morgan fingerprint density at radius 1 is 1.38 bits per heavy atom. The third-order valence-corrected chi connectivity index (χ3v) is 4.21. The van der Waals surface area contributed by atoms with Crippen LogP contribution in [0.4, 0.5) is 15.8 Å². The van der Waals surface area contributed by atoms with Gasteiger partial charge in [-0.15, -0.1) is 0 Å². The number of nitrogen functional groups attached to an aromatic ring is 1. The monoisotopic (exact) mass is 367 g/mol. The summed E-state index contributed by atoms with van der Waals surface area (Å²) in [5, 5.41) is 9.46. The molecule has 0 aromatic heterocycles. The highest BCUT2D eigenvalue weighted by atomic mass is 79.9. The van der Waals surface area contributed by atoms with Crippen molar-refractivity contribution in [3.63, 3.8) is 0 Å². The molecule has 2 aromatic rings. The fraction of sp³-hybridized carbons (Fsp3) is 0.133. The lowest BCUT2D eigenvalue weighted by Crippen LogP contribution is -2.18. The number of hydrogen-bond acceptors (Lipinski definition) is 3. The molecule has 0 saturated heterocycles. The summed E-state index contributed by atoms with van der Waals surface area (Å²) in [6.45, 7) is 0.402. The van der Waals surface area contributed by atoms with Crippen molar-refractivity contribution in [2.45, 2.75) is 6.54 Å². The molecule has 2 aromatic carbocycles. The van der Waals surface area contributed by atoms with Crippen molar-refractivity contribution in [3.05, 3.63) is 56.8 Å². The Hall–Kier alpha value is -1.77. The first-order valence-electron chi connectivity index (χ1n) is 6.07. The van der Waals surface area contributed by atoms with Crippen LogP contribution in [0.3, 0.4) is 0 Å². The minimum absolute atomic E-state index is 0.160. The van der Waals surface area contributed by atoms with Crippen LogP contribution in [0, 0.1) is 17.1 Å². The first kappa shape index (κ1) is 15.6. The lowest BCUT2D eigenvalue weighted by molar-refractivity contribution is 0.615. The summed E-state index contributed by atoms with van der Waals surface area (Å²) >= 11 is 9.22. The van der Waals surface area contributed by atoms with Crippen molar-refractivity contribution in [1.82, 2.24) is 0 Å². The number of nitrogens with zero attached hydrogens (tertiary/aromatic N) is 2. The average molecular weight is 369 g/mol. The molecule has 0 fully saturated rings. The predicted octanol–water partition coefficient (Wildman–Crippen LogP) is 4.33. The van der Waals surface area contributed by atoms with Gasteiger partial charge in [-0.05, 0) is 51.8 Å². The molecule has 21 heavy (non-hydrogen) atoms. The zero-order valence-corrected chi connectivity index (χ0v) is 13.5. The normalized spacial score (nSPS) is 10.2. The average Bonchev–Trinajstić information content (AvgIpc) is 2.45. The molecule has 2 rings (SSSR count). The number of hydrogen-bond donors (Lipinski definition) is 1. The van der Waals surface area contributed by atoms with Gasteiger partial charge in [0.05, 0.1) is 15.7 Å². The molecule has 0 bridgehead atoms. The second kappa shape index (κ2) is 6.33. The van der Waals surface area contributed by atoms with Gasteiger partial charge in [0.1, 0.15) is 6.07 Å². The smallest absolute Gasteiger partial charge is 0.161 e. The Morgan fingerprint density at radius 2 is 2.10 bits per heavy atom. The molecule has 0 atom stereocenters. The molecule has 0 amide bonds.